The van der Waals surface area contributed by atoms with Gasteiger partial charge in [-0.15, -0.1) is 0 Å². The van der Waals surface area contributed by atoms with Crippen LogP contribution in [0.15, 0.2) is 0 Å². The van der Waals surface area contributed by atoms with Crippen molar-refractivity contribution in [3.63, 3.8) is 0 Å². The molecule has 0 aromatic carbocycles. The van der Waals surface area contributed by atoms with Gasteiger partial charge in [-0.2, -0.15) is 0 Å². The third kappa shape index (κ3) is 4.51. The number of nitrogens with two attached hydrogens (primary N) is 1. The van der Waals surface area contributed by atoms with E-state index in [1.165, 1.54) is 6.04 Å². The summed E-state index contributed by atoms with van der Waals surface area (Å²) < 4.78 is 5.27. The Labute approximate surface area is 55.7 Å². The molecule has 50 valence electrons. The van der Waals surface area contributed by atoms with Crippen molar-refractivity contribution in [1.82, 2.24) is 0 Å². The van der Waals surface area contributed by atoms with Gasteiger partial charge >= 0.3 is 0 Å². The molecule has 0 rings (SSSR count). The Morgan fingerprint density at radius 3 is 2.75 bits per heavy atom. The summed E-state index contributed by atoms with van der Waals surface area (Å²) in [6.07, 6.45) is 1.15. The molecule has 8 heavy (non-hydrogen) atoms. The van der Waals surface area contributed by atoms with E-state index >= 15 is 0 Å². The smallest absolute Gasteiger partial charge is 0.159 e. The fourth-order valence-electron chi connectivity index (χ4n) is 0.523. The zero-order valence-corrected chi connectivity index (χ0v) is 8.84. The third-order valence-corrected chi connectivity index (χ3v) is 5.66. The lowest BCUT2D eigenvalue weighted by atomic mass is 10.5. The summed E-state index contributed by atoms with van der Waals surface area (Å²) in [7, 11) is 0.193. The first kappa shape index (κ1) is 8.35. The van der Waals surface area contributed by atoms with E-state index in [4.69, 9.17) is 9.85 Å². The van der Waals surface area contributed by atoms with Crippen molar-refractivity contribution >= 4 is 19.5 Å². The van der Waals surface area contributed by atoms with Gasteiger partial charge in [0, 0.05) is 0 Å². The van der Waals surface area contributed by atoms with E-state index < -0.39 is 9.04 Å². The van der Waals surface area contributed by atoms with Gasteiger partial charge in [0.05, 0.1) is 0 Å². The summed E-state index contributed by atoms with van der Waals surface area (Å²) >= 11 is 0. The first-order chi connectivity index (χ1) is 3.81. The predicted octanol–water partition coefficient (Wildman–Crippen LogP) is -1.01. The van der Waals surface area contributed by atoms with E-state index in [0.29, 0.717) is 0 Å². The molecule has 0 aliphatic carbocycles. The molecular weight excluding hydrogens is 134 g/mol. The Balaban J connectivity index is 2.86. The lowest BCUT2D eigenvalue weighted by Crippen LogP contribution is -2.12. The van der Waals surface area contributed by atoms with Gasteiger partial charge in [0.1, 0.15) is 10.5 Å². The van der Waals surface area contributed by atoms with Gasteiger partial charge in [-0.25, -0.2) is 0 Å². The van der Waals surface area contributed by atoms with Gasteiger partial charge in [0.15, 0.2) is 9.04 Å². The average Bonchev–Trinajstić information content (AvgIpc) is 1.83. The standard InChI is InChI=1S/C4H15NOSi2/c1-8(6-7)4-2-3-5/h8H,2-5H2,1,7H3. The normalized spacial score (nSPS) is 14.2. The molecule has 0 bridgehead atoms. The van der Waals surface area contributed by atoms with E-state index in [-0.39, 0.29) is 0 Å². The van der Waals surface area contributed by atoms with Crippen molar-refractivity contribution in [2.45, 2.75) is 19.0 Å². The molecule has 0 amide bonds. The van der Waals surface area contributed by atoms with Gasteiger partial charge in [0.25, 0.3) is 0 Å². The minimum absolute atomic E-state index is 0.717. The van der Waals surface area contributed by atoms with Crippen LogP contribution in [0.3, 0.4) is 0 Å². The highest BCUT2D eigenvalue weighted by Gasteiger charge is 1.97. The predicted molar refractivity (Wildman–Crippen MR) is 42.5 cm³/mol. The van der Waals surface area contributed by atoms with E-state index in [0.717, 1.165) is 23.5 Å². The van der Waals surface area contributed by atoms with Crippen molar-refractivity contribution in [2.24, 2.45) is 5.73 Å². The largest absolute Gasteiger partial charge is 0.466 e. The highest BCUT2D eigenvalue weighted by atomic mass is 28.3. The van der Waals surface area contributed by atoms with Crippen molar-refractivity contribution in [1.29, 1.82) is 0 Å². The van der Waals surface area contributed by atoms with Crippen molar-refractivity contribution in [2.75, 3.05) is 6.54 Å². The summed E-state index contributed by atoms with van der Waals surface area (Å²) in [6, 6.07) is 1.25. The minimum Gasteiger partial charge on any atom is -0.466 e. The lowest BCUT2D eigenvalue weighted by Gasteiger charge is -2.04. The van der Waals surface area contributed by atoms with Crippen LogP contribution in [0.4, 0.5) is 0 Å². The summed E-state index contributed by atoms with van der Waals surface area (Å²) in [4.78, 5) is 0. The SMILES string of the molecule is C[SiH](CCCN)O[SiH3]. The molecule has 1 unspecified atom stereocenters. The molecule has 0 aromatic heterocycles. The van der Waals surface area contributed by atoms with Crippen LogP contribution in [0.2, 0.25) is 12.6 Å². The average molecular weight is 149 g/mol. The fourth-order valence-corrected chi connectivity index (χ4v) is 2.28. The quantitative estimate of drug-likeness (QED) is 0.520. The second-order valence-corrected chi connectivity index (χ2v) is 6.06. The monoisotopic (exact) mass is 149 g/mol. The summed E-state index contributed by atoms with van der Waals surface area (Å²) in [5.41, 5.74) is 5.31. The molecule has 0 fully saturated rings. The van der Waals surface area contributed by atoms with Gasteiger partial charge in [-0.05, 0) is 25.6 Å². The molecule has 0 saturated carbocycles. The molecule has 1 atom stereocenters. The molecule has 0 aliphatic rings. The topological polar surface area (TPSA) is 35.2 Å². The molecule has 0 spiro atoms. The van der Waals surface area contributed by atoms with Gasteiger partial charge in [-0.3, -0.25) is 0 Å². The minimum atomic E-state index is -0.717. The molecular formula is C4H15NOSi2. The highest BCUT2D eigenvalue weighted by Crippen LogP contribution is 1.94. The van der Waals surface area contributed by atoms with Crippen LogP contribution in [0, 0.1) is 0 Å². The van der Waals surface area contributed by atoms with Crippen molar-refractivity contribution in [3.8, 4) is 0 Å². The van der Waals surface area contributed by atoms with Crippen LogP contribution in [0.5, 0.6) is 0 Å². The number of rotatable bonds is 4. The van der Waals surface area contributed by atoms with Crippen LogP contribution in [0.25, 0.3) is 0 Å². The van der Waals surface area contributed by atoms with Crippen LogP contribution in [0.1, 0.15) is 6.42 Å². The zero-order chi connectivity index (χ0) is 6.41. The van der Waals surface area contributed by atoms with E-state index in [1.807, 2.05) is 0 Å². The second-order valence-electron chi connectivity index (χ2n) is 1.98. The molecule has 2 N–H and O–H groups in total. The van der Waals surface area contributed by atoms with Crippen LogP contribution in [-0.2, 0) is 4.12 Å². The molecule has 0 aromatic rings. The molecule has 0 aliphatic heterocycles. The molecule has 2 nitrogen and oxygen atoms in total. The van der Waals surface area contributed by atoms with Crippen LogP contribution < -0.4 is 5.73 Å². The second kappa shape index (κ2) is 5.49. The first-order valence-corrected chi connectivity index (χ1v) is 6.30. The van der Waals surface area contributed by atoms with E-state index in [2.05, 4.69) is 6.55 Å². The maximum Gasteiger partial charge on any atom is 0.159 e. The fraction of sp³-hybridized carbons (Fsp3) is 1.00. The molecule has 0 heterocycles. The Kier molecular flexibility index (Phi) is 5.73. The third-order valence-electron chi connectivity index (χ3n) is 1.22. The van der Waals surface area contributed by atoms with Gasteiger partial charge < -0.3 is 9.85 Å². The Morgan fingerprint density at radius 2 is 2.38 bits per heavy atom. The highest BCUT2D eigenvalue weighted by molar-refractivity contribution is 6.54. The zero-order valence-electron chi connectivity index (χ0n) is 5.68. The maximum atomic E-state index is 5.31. The van der Waals surface area contributed by atoms with Crippen LogP contribution >= 0.6 is 0 Å². The maximum absolute atomic E-state index is 5.31. The van der Waals surface area contributed by atoms with Crippen molar-refractivity contribution < 1.29 is 4.12 Å². The van der Waals surface area contributed by atoms with Crippen LogP contribution in [-0.4, -0.2) is 26.1 Å². The van der Waals surface area contributed by atoms with Gasteiger partial charge in [0.2, 0.25) is 0 Å². The molecule has 0 radical (unpaired) electrons. The summed E-state index contributed by atoms with van der Waals surface area (Å²) in [5.74, 6) is 0. The number of hydrogen-bond donors (Lipinski definition) is 1. The first-order valence-electron chi connectivity index (χ1n) is 3.04. The van der Waals surface area contributed by atoms with Gasteiger partial charge in [-0.1, -0.05) is 0 Å². The summed E-state index contributed by atoms with van der Waals surface area (Å²) in [6.45, 7) is 3.05. The Bertz CT molecular complexity index is 53.3. The van der Waals surface area contributed by atoms with E-state index in [1.54, 1.807) is 0 Å². The Hall–Kier alpha value is 0.354. The number of hydrogen-bond acceptors (Lipinski definition) is 2. The van der Waals surface area contributed by atoms with Crippen molar-refractivity contribution in [3.05, 3.63) is 0 Å². The molecule has 4 heteroatoms. The Morgan fingerprint density at radius 1 is 1.75 bits per heavy atom. The van der Waals surface area contributed by atoms with E-state index in [9.17, 15) is 0 Å². The lowest BCUT2D eigenvalue weighted by molar-refractivity contribution is 0.629. The summed E-state index contributed by atoms with van der Waals surface area (Å²) in [5, 5.41) is 0. The molecule has 0 saturated heterocycles.